The summed E-state index contributed by atoms with van der Waals surface area (Å²) in [5, 5.41) is 0. The third-order valence-electron chi connectivity index (χ3n) is 1.57. The minimum Gasteiger partial charge on any atom is -0.336 e. The summed E-state index contributed by atoms with van der Waals surface area (Å²) < 4.78 is 13.8. The highest BCUT2D eigenvalue weighted by Crippen LogP contribution is 2.10. The molecule has 62 valence electrons. The number of hydrogen-bond acceptors (Lipinski definition) is 4. The topological polar surface area (TPSA) is 69.6 Å². The minimum atomic E-state index is -0.785. The number of aromatic nitrogens is 4. The molecule has 2 aromatic rings. The number of halogens is 1. The number of hydrogen-bond donors (Lipinski definition) is 1. The van der Waals surface area contributed by atoms with Gasteiger partial charge in [-0.3, -0.25) is 0 Å². The number of fused-ring (bicyclic) bond motifs is 1. The van der Waals surface area contributed by atoms with Gasteiger partial charge in [-0.05, 0) is 6.92 Å². The molecule has 0 saturated carbocycles. The van der Waals surface area contributed by atoms with Gasteiger partial charge in [0.05, 0.1) is 5.69 Å². The molecular weight excluding hydrogens is 161 g/mol. The second-order valence-corrected chi connectivity index (χ2v) is 2.40. The van der Waals surface area contributed by atoms with Crippen molar-refractivity contribution in [1.29, 1.82) is 0 Å². The monoisotopic (exact) mass is 167 g/mol. The molecule has 2 N–H and O–H groups in total. The van der Waals surface area contributed by atoms with Crippen molar-refractivity contribution in [2.24, 2.45) is 0 Å². The van der Waals surface area contributed by atoms with E-state index in [2.05, 4.69) is 15.0 Å². The fourth-order valence-electron chi connectivity index (χ4n) is 1.02. The Morgan fingerprint density at radius 1 is 1.50 bits per heavy atom. The summed E-state index contributed by atoms with van der Waals surface area (Å²) in [7, 11) is 0. The molecule has 0 bridgehead atoms. The van der Waals surface area contributed by atoms with Crippen molar-refractivity contribution in [3.05, 3.63) is 18.1 Å². The van der Waals surface area contributed by atoms with Crippen LogP contribution in [-0.4, -0.2) is 19.6 Å². The summed E-state index contributed by atoms with van der Waals surface area (Å²) in [4.78, 5) is 10.9. The molecule has 0 aromatic carbocycles. The molecule has 0 spiro atoms. The van der Waals surface area contributed by atoms with Gasteiger partial charge in [0.2, 0.25) is 0 Å². The SMILES string of the molecule is Cc1nc(F)nc2c1ncn2N. The highest BCUT2D eigenvalue weighted by atomic mass is 19.1. The van der Waals surface area contributed by atoms with Gasteiger partial charge in [0.25, 0.3) is 0 Å². The largest absolute Gasteiger partial charge is 0.336 e. The second-order valence-electron chi connectivity index (χ2n) is 2.40. The van der Waals surface area contributed by atoms with Crippen LogP contribution in [0.25, 0.3) is 11.2 Å². The van der Waals surface area contributed by atoms with Crippen LogP contribution in [0.3, 0.4) is 0 Å². The van der Waals surface area contributed by atoms with Crippen molar-refractivity contribution >= 4 is 11.2 Å². The Bertz CT molecular complexity index is 435. The smallest absolute Gasteiger partial charge is 0.311 e. The fourth-order valence-corrected chi connectivity index (χ4v) is 1.02. The van der Waals surface area contributed by atoms with E-state index in [1.54, 1.807) is 6.92 Å². The van der Waals surface area contributed by atoms with Crippen LogP contribution >= 0.6 is 0 Å². The van der Waals surface area contributed by atoms with Gasteiger partial charge < -0.3 is 5.84 Å². The Morgan fingerprint density at radius 2 is 2.25 bits per heavy atom. The lowest BCUT2D eigenvalue weighted by molar-refractivity contribution is 0.539. The zero-order valence-electron chi connectivity index (χ0n) is 6.32. The van der Waals surface area contributed by atoms with E-state index < -0.39 is 6.08 Å². The highest BCUT2D eigenvalue weighted by Gasteiger charge is 2.07. The van der Waals surface area contributed by atoms with Crippen LogP contribution in [0.15, 0.2) is 6.33 Å². The Hall–Kier alpha value is -1.72. The van der Waals surface area contributed by atoms with E-state index in [1.807, 2.05) is 0 Å². The second kappa shape index (κ2) is 2.13. The maximum absolute atomic E-state index is 12.6. The maximum Gasteiger partial charge on any atom is 0.311 e. The van der Waals surface area contributed by atoms with Gasteiger partial charge in [-0.1, -0.05) is 0 Å². The minimum absolute atomic E-state index is 0.306. The summed E-state index contributed by atoms with van der Waals surface area (Å²) >= 11 is 0. The molecule has 2 rings (SSSR count). The van der Waals surface area contributed by atoms with E-state index in [0.717, 1.165) is 4.68 Å². The number of imidazole rings is 1. The highest BCUT2D eigenvalue weighted by molar-refractivity contribution is 5.72. The quantitative estimate of drug-likeness (QED) is 0.442. The van der Waals surface area contributed by atoms with E-state index in [9.17, 15) is 4.39 Å². The molecule has 0 aliphatic heterocycles. The van der Waals surface area contributed by atoms with Crippen molar-refractivity contribution < 1.29 is 4.39 Å². The van der Waals surface area contributed by atoms with Gasteiger partial charge in [-0.2, -0.15) is 9.37 Å². The molecule has 2 aromatic heterocycles. The molecule has 0 unspecified atom stereocenters. The molecule has 0 fully saturated rings. The summed E-state index contributed by atoms with van der Waals surface area (Å²) in [6.07, 6.45) is 0.582. The van der Waals surface area contributed by atoms with Crippen LogP contribution in [-0.2, 0) is 0 Å². The van der Waals surface area contributed by atoms with Gasteiger partial charge in [0.1, 0.15) is 11.8 Å². The number of rotatable bonds is 0. The molecule has 6 heteroatoms. The molecule has 0 saturated heterocycles. The number of nitrogen functional groups attached to an aromatic ring is 1. The van der Waals surface area contributed by atoms with E-state index in [1.165, 1.54) is 6.33 Å². The number of aryl methyl sites for hydroxylation is 1. The lowest BCUT2D eigenvalue weighted by Crippen LogP contribution is -2.07. The normalized spacial score (nSPS) is 10.8. The van der Waals surface area contributed by atoms with Crippen LogP contribution in [0, 0.1) is 13.0 Å². The Morgan fingerprint density at radius 3 is 3.00 bits per heavy atom. The van der Waals surface area contributed by atoms with Crippen LogP contribution in [0.2, 0.25) is 0 Å². The zero-order valence-corrected chi connectivity index (χ0v) is 6.32. The first kappa shape index (κ1) is 6.96. The molecule has 0 aliphatic rings. The summed E-state index contributed by atoms with van der Waals surface area (Å²) in [5.41, 5.74) is 1.32. The first-order valence-corrected chi connectivity index (χ1v) is 3.31. The van der Waals surface area contributed by atoms with Gasteiger partial charge >= 0.3 is 6.08 Å². The molecule has 12 heavy (non-hydrogen) atoms. The van der Waals surface area contributed by atoms with E-state index in [4.69, 9.17) is 5.84 Å². The van der Waals surface area contributed by atoms with Crippen LogP contribution in [0.1, 0.15) is 5.69 Å². The Balaban J connectivity index is 2.92. The zero-order chi connectivity index (χ0) is 8.72. The molecule has 0 atom stereocenters. The van der Waals surface area contributed by atoms with Gasteiger partial charge in [-0.15, -0.1) is 0 Å². The average Bonchev–Trinajstić information content (AvgIpc) is 2.33. The predicted molar refractivity (Wildman–Crippen MR) is 40.2 cm³/mol. The predicted octanol–water partition coefficient (Wildman–Crippen LogP) is -0.0124. The van der Waals surface area contributed by atoms with Gasteiger partial charge in [0, 0.05) is 0 Å². The molecule has 0 radical (unpaired) electrons. The Kier molecular flexibility index (Phi) is 1.24. The first-order valence-electron chi connectivity index (χ1n) is 3.31. The summed E-state index contributed by atoms with van der Waals surface area (Å²) in [6, 6.07) is 0. The van der Waals surface area contributed by atoms with Crippen LogP contribution in [0.4, 0.5) is 4.39 Å². The summed E-state index contributed by atoms with van der Waals surface area (Å²) in [6.45, 7) is 1.65. The van der Waals surface area contributed by atoms with E-state index >= 15 is 0 Å². The molecule has 0 amide bonds. The molecular formula is C6H6FN5. The first-order chi connectivity index (χ1) is 5.68. The number of nitrogens with zero attached hydrogens (tertiary/aromatic N) is 4. The van der Waals surface area contributed by atoms with Crippen molar-refractivity contribution in [2.75, 3.05) is 5.84 Å². The molecule has 2 heterocycles. The Labute approximate surface area is 67.0 Å². The fraction of sp³-hybridized carbons (Fsp3) is 0.167. The van der Waals surface area contributed by atoms with Crippen molar-refractivity contribution in [3.63, 3.8) is 0 Å². The van der Waals surface area contributed by atoms with Crippen molar-refractivity contribution in [2.45, 2.75) is 6.92 Å². The standard InChI is InChI=1S/C6H6FN5/c1-3-4-5(11-6(7)10-3)12(8)2-9-4/h2H,8H2,1H3. The number of nitrogens with two attached hydrogens (primary N) is 1. The van der Waals surface area contributed by atoms with Gasteiger partial charge in [-0.25, -0.2) is 14.6 Å². The van der Waals surface area contributed by atoms with Crippen molar-refractivity contribution in [1.82, 2.24) is 19.6 Å². The molecule has 5 nitrogen and oxygen atoms in total. The van der Waals surface area contributed by atoms with Gasteiger partial charge in [0.15, 0.2) is 5.65 Å². The maximum atomic E-state index is 12.6. The third kappa shape index (κ3) is 0.810. The van der Waals surface area contributed by atoms with Crippen LogP contribution in [0.5, 0.6) is 0 Å². The third-order valence-corrected chi connectivity index (χ3v) is 1.57. The lowest BCUT2D eigenvalue weighted by atomic mass is 10.4. The summed E-state index contributed by atoms with van der Waals surface area (Å²) in [5.74, 6) is 5.41. The lowest BCUT2D eigenvalue weighted by Gasteiger charge is -1.94. The van der Waals surface area contributed by atoms with E-state index in [0.29, 0.717) is 16.9 Å². The molecule has 0 aliphatic carbocycles. The van der Waals surface area contributed by atoms with Crippen molar-refractivity contribution in [3.8, 4) is 0 Å². The van der Waals surface area contributed by atoms with E-state index in [-0.39, 0.29) is 0 Å². The average molecular weight is 167 g/mol. The van der Waals surface area contributed by atoms with Crippen LogP contribution < -0.4 is 5.84 Å².